The number of nitrogens with two attached hydrogens (primary N) is 1. The Morgan fingerprint density at radius 1 is 1.31 bits per heavy atom. The molecule has 8 nitrogen and oxygen atoms in total. The van der Waals surface area contributed by atoms with E-state index in [1.54, 1.807) is 4.90 Å². The number of hydrogen-bond donors (Lipinski definition) is 3. The van der Waals surface area contributed by atoms with E-state index in [1.165, 1.54) is 15.3 Å². The van der Waals surface area contributed by atoms with Gasteiger partial charge in [-0.2, -0.15) is 0 Å². The Morgan fingerprint density at radius 2 is 2.03 bits per heavy atom. The highest BCUT2D eigenvalue weighted by atomic mass is 32.1. The first kappa shape index (κ1) is 30.0. The molecule has 1 saturated heterocycles. The fraction of sp³-hybridized carbons (Fsp3) is 0.667. The molecule has 0 radical (unpaired) electrons. The molecule has 0 saturated carbocycles. The van der Waals surface area contributed by atoms with E-state index >= 15 is 0 Å². The molecule has 0 spiro atoms. The van der Waals surface area contributed by atoms with Crippen LogP contribution in [0.2, 0.25) is 0 Å². The van der Waals surface area contributed by atoms with Crippen LogP contribution in [0.25, 0.3) is 6.08 Å². The molecular formula is C27H46N6O2S. The predicted molar refractivity (Wildman–Crippen MR) is 152 cm³/mol. The number of amidine groups is 1. The van der Waals surface area contributed by atoms with E-state index in [1.807, 2.05) is 39.0 Å². The minimum absolute atomic E-state index is 0.0289. The van der Waals surface area contributed by atoms with Gasteiger partial charge in [0.25, 0.3) is 0 Å². The zero-order valence-electron chi connectivity index (χ0n) is 22.9. The molecule has 0 aliphatic carbocycles. The first-order valence-electron chi connectivity index (χ1n) is 13.1. The van der Waals surface area contributed by atoms with Crippen LogP contribution in [0.5, 0.6) is 0 Å². The number of hydrogen-bond acceptors (Lipinski definition) is 7. The fourth-order valence-corrected chi connectivity index (χ4v) is 5.29. The van der Waals surface area contributed by atoms with Crippen molar-refractivity contribution in [2.24, 2.45) is 16.1 Å². The van der Waals surface area contributed by atoms with E-state index in [-0.39, 0.29) is 11.3 Å². The van der Waals surface area contributed by atoms with Crippen LogP contribution in [-0.2, 0) is 16.1 Å². The monoisotopic (exact) mass is 518 g/mol. The zero-order chi connectivity index (χ0) is 26.6. The first-order chi connectivity index (χ1) is 17.1. The van der Waals surface area contributed by atoms with E-state index in [9.17, 15) is 9.59 Å². The molecule has 0 atom stereocenters. The highest BCUT2D eigenvalue weighted by Crippen LogP contribution is 2.34. The van der Waals surface area contributed by atoms with Gasteiger partial charge in [0.05, 0.1) is 10.6 Å². The third kappa shape index (κ3) is 11.7. The smallest absolute Gasteiger partial charge is 0.220 e. The lowest BCUT2D eigenvalue weighted by molar-refractivity contribution is -0.122. The second kappa shape index (κ2) is 15.1. The average Bonchev–Trinajstić information content (AvgIpc) is 3.09. The van der Waals surface area contributed by atoms with Crippen LogP contribution in [0.15, 0.2) is 16.6 Å². The Kier molecular flexibility index (Phi) is 12.6. The third-order valence-corrected chi connectivity index (χ3v) is 6.83. The summed E-state index contributed by atoms with van der Waals surface area (Å²) in [5.41, 5.74) is 8.29. The van der Waals surface area contributed by atoms with Crippen molar-refractivity contribution in [1.82, 2.24) is 20.4 Å². The Bertz CT molecular complexity index is 861. The Hall–Kier alpha value is -2.23. The van der Waals surface area contributed by atoms with E-state index in [0.29, 0.717) is 19.5 Å². The first-order valence-corrected chi connectivity index (χ1v) is 13.9. The number of nitrogens with one attached hydrogen (secondary N) is 2. The number of nitrogens with zero attached hydrogens (tertiary/aromatic N) is 3. The van der Waals surface area contributed by atoms with Crippen molar-refractivity contribution in [3.8, 4) is 0 Å². The highest BCUT2D eigenvalue weighted by Gasteiger charge is 2.16. The molecule has 1 fully saturated rings. The number of thiophene rings is 1. The predicted octanol–water partition coefficient (Wildman–Crippen LogP) is 3.75. The summed E-state index contributed by atoms with van der Waals surface area (Å²) < 4.78 is 0. The summed E-state index contributed by atoms with van der Waals surface area (Å²) in [6, 6.07) is 2.20. The highest BCUT2D eigenvalue weighted by molar-refractivity contribution is 7.13. The van der Waals surface area contributed by atoms with Gasteiger partial charge in [0.2, 0.25) is 12.3 Å². The largest absolute Gasteiger partial charge is 0.387 e. The van der Waals surface area contributed by atoms with Gasteiger partial charge in [0.1, 0.15) is 5.84 Å². The van der Waals surface area contributed by atoms with Gasteiger partial charge in [-0.05, 0) is 37.3 Å². The maximum atomic E-state index is 11.5. The Morgan fingerprint density at radius 3 is 2.67 bits per heavy atom. The minimum Gasteiger partial charge on any atom is -0.387 e. The molecule has 0 aromatic carbocycles. The number of fused-ring (bicyclic) bond motifs is 1. The van der Waals surface area contributed by atoms with Crippen molar-refractivity contribution in [2.45, 2.75) is 66.8 Å². The van der Waals surface area contributed by atoms with Crippen LogP contribution in [-0.4, -0.2) is 73.8 Å². The molecule has 9 heteroatoms. The summed E-state index contributed by atoms with van der Waals surface area (Å²) in [6.07, 6.45) is 6.21. The number of rotatable bonds is 10. The van der Waals surface area contributed by atoms with Crippen molar-refractivity contribution < 1.29 is 9.59 Å². The van der Waals surface area contributed by atoms with Crippen LogP contribution in [0.4, 0.5) is 5.69 Å². The van der Waals surface area contributed by atoms with Crippen molar-refractivity contribution >= 4 is 41.3 Å². The lowest BCUT2D eigenvalue weighted by Crippen LogP contribution is -2.42. The summed E-state index contributed by atoms with van der Waals surface area (Å²) in [5.74, 6) is 0.810. The molecule has 3 rings (SSSR count). The van der Waals surface area contributed by atoms with E-state index in [4.69, 9.17) is 5.73 Å². The number of carbonyl (C=O) groups excluding carboxylic acids is 2. The van der Waals surface area contributed by atoms with E-state index < -0.39 is 0 Å². The summed E-state index contributed by atoms with van der Waals surface area (Å²) >= 11 is 1.85. The molecule has 4 N–H and O–H groups in total. The van der Waals surface area contributed by atoms with Crippen molar-refractivity contribution in [1.29, 1.82) is 0 Å². The molecule has 36 heavy (non-hydrogen) atoms. The van der Waals surface area contributed by atoms with Gasteiger partial charge < -0.3 is 21.3 Å². The van der Waals surface area contributed by atoms with Crippen LogP contribution in [0.1, 0.15) is 70.1 Å². The second-order valence-electron chi connectivity index (χ2n) is 10.8. The molecule has 2 aliphatic rings. The van der Waals surface area contributed by atoms with Crippen LogP contribution < -0.4 is 16.4 Å². The maximum absolute atomic E-state index is 11.5. The standard InChI is InChI=1S/C14H20N4S.C13H26N2O2/c1-10-6-13-12(17-14(15)7-10)8-11(19-13)9-18-4-2-16-3-5-18;1-5-8-15(11-16)9-6-7-14-12(17)10-13(2,3)4/h6,8,16H,2-5,7,9H2,1H3,(H2,15,17);11H,5-10H2,1-4H3,(H,14,17). The lowest BCUT2D eigenvalue weighted by atomic mass is 9.92. The minimum atomic E-state index is 0.0289. The Labute approximate surface area is 221 Å². The zero-order valence-corrected chi connectivity index (χ0v) is 23.7. The SMILES string of the molecule is CC1=Cc2sc(CN3CCNCC3)cc2N=C(N)C1.CCCN(C=O)CCCNC(=O)CC(C)(C)C. The average molecular weight is 519 g/mol. The van der Waals surface area contributed by atoms with Crippen LogP contribution in [0, 0.1) is 5.41 Å². The molecule has 1 aromatic rings. The van der Waals surface area contributed by atoms with E-state index in [2.05, 4.69) is 39.6 Å². The molecule has 3 heterocycles. The lowest BCUT2D eigenvalue weighted by Gasteiger charge is -2.26. The summed E-state index contributed by atoms with van der Waals surface area (Å²) in [5, 5.41) is 6.26. The third-order valence-electron chi connectivity index (χ3n) is 5.78. The summed E-state index contributed by atoms with van der Waals surface area (Å²) in [4.78, 5) is 33.6. The van der Waals surface area contributed by atoms with Gasteiger partial charge in [-0.3, -0.25) is 14.5 Å². The molecular weight excluding hydrogens is 472 g/mol. The van der Waals surface area contributed by atoms with Gasteiger partial charge >= 0.3 is 0 Å². The number of aliphatic imine (C=N–C) groups is 1. The summed E-state index contributed by atoms with van der Waals surface area (Å²) in [7, 11) is 0. The Balaban J connectivity index is 0.000000256. The normalized spacial score (nSPS) is 16.0. The molecule has 202 valence electrons. The summed E-state index contributed by atoms with van der Waals surface area (Å²) in [6.45, 7) is 17.9. The molecule has 0 bridgehead atoms. The molecule has 1 aromatic heterocycles. The molecule has 2 aliphatic heterocycles. The molecule has 0 unspecified atom stereocenters. The number of piperazine rings is 1. The van der Waals surface area contributed by atoms with Crippen molar-refractivity contribution in [3.05, 3.63) is 21.4 Å². The van der Waals surface area contributed by atoms with Crippen molar-refractivity contribution in [2.75, 3.05) is 45.8 Å². The fourth-order valence-electron chi connectivity index (χ4n) is 4.12. The number of amides is 2. The van der Waals surface area contributed by atoms with E-state index in [0.717, 1.165) is 76.5 Å². The van der Waals surface area contributed by atoms with Gasteiger partial charge in [-0.15, -0.1) is 11.3 Å². The quantitative estimate of drug-likeness (QED) is 0.323. The number of carbonyl (C=O) groups is 2. The van der Waals surface area contributed by atoms with Gasteiger partial charge in [-0.25, -0.2) is 4.99 Å². The molecule has 2 amide bonds. The maximum Gasteiger partial charge on any atom is 0.220 e. The van der Waals surface area contributed by atoms with Gasteiger partial charge in [-0.1, -0.05) is 33.3 Å². The van der Waals surface area contributed by atoms with Gasteiger partial charge in [0.15, 0.2) is 0 Å². The van der Waals surface area contributed by atoms with Crippen LogP contribution >= 0.6 is 11.3 Å². The van der Waals surface area contributed by atoms with Crippen LogP contribution in [0.3, 0.4) is 0 Å². The van der Waals surface area contributed by atoms with Crippen molar-refractivity contribution in [3.63, 3.8) is 0 Å². The second-order valence-corrected chi connectivity index (χ2v) is 12.0. The van der Waals surface area contributed by atoms with Gasteiger partial charge in [0, 0.05) is 70.1 Å². The topological polar surface area (TPSA) is 103 Å².